The summed E-state index contributed by atoms with van der Waals surface area (Å²) in [6.07, 6.45) is 3.04. The number of nitrogens with zero attached hydrogens (tertiary/aromatic N) is 5. The second-order valence-electron chi connectivity index (χ2n) is 4.92. The SMILES string of the molecule is O=[N+]([O-])c1ccc(N=NCc2cccn2-c2ccc(O)cc2)nc1. The van der Waals surface area contributed by atoms with Crippen LogP contribution in [0.5, 0.6) is 5.75 Å². The topological polar surface area (TPSA) is 106 Å². The number of aromatic nitrogens is 2. The molecule has 120 valence electrons. The van der Waals surface area contributed by atoms with Gasteiger partial charge in [0.05, 0.1) is 4.92 Å². The normalized spacial score (nSPS) is 11.0. The van der Waals surface area contributed by atoms with E-state index in [0.717, 1.165) is 17.6 Å². The molecule has 0 amide bonds. The molecule has 0 fully saturated rings. The maximum Gasteiger partial charge on any atom is 0.287 e. The van der Waals surface area contributed by atoms with Crippen LogP contribution in [0.15, 0.2) is 71.2 Å². The van der Waals surface area contributed by atoms with Crippen molar-refractivity contribution >= 4 is 11.5 Å². The highest BCUT2D eigenvalue weighted by atomic mass is 16.6. The molecule has 8 nitrogen and oxygen atoms in total. The molecule has 2 aromatic heterocycles. The van der Waals surface area contributed by atoms with Crippen molar-refractivity contribution in [1.29, 1.82) is 0 Å². The average molecular weight is 323 g/mol. The van der Waals surface area contributed by atoms with E-state index in [2.05, 4.69) is 15.2 Å². The lowest BCUT2D eigenvalue weighted by Crippen LogP contribution is -1.97. The van der Waals surface area contributed by atoms with Gasteiger partial charge in [0.15, 0.2) is 5.82 Å². The summed E-state index contributed by atoms with van der Waals surface area (Å²) in [5.41, 5.74) is 1.72. The van der Waals surface area contributed by atoms with Crippen LogP contribution in [0.25, 0.3) is 5.69 Å². The van der Waals surface area contributed by atoms with E-state index >= 15 is 0 Å². The van der Waals surface area contributed by atoms with Crippen molar-refractivity contribution in [1.82, 2.24) is 9.55 Å². The second-order valence-corrected chi connectivity index (χ2v) is 4.92. The van der Waals surface area contributed by atoms with Gasteiger partial charge in [-0.3, -0.25) is 10.1 Å². The van der Waals surface area contributed by atoms with Crippen LogP contribution in [0.2, 0.25) is 0 Å². The first-order valence-corrected chi connectivity index (χ1v) is 7.07. The van der Waals surface area contributed by atoms with Crippen molar-refractivity contribution in [2.24, 2.45) is 10.2 Å². The fourth-order valence-electron chi connectivity index (χ4n) is 2.14. The number of rotatable bonds is 5. The third kappa shape index (κ3) is 3.43. The molecule has 0 saturated carbocycles. The lowest BCUT2D eigenvalue weighted by atomic mass is 10.3. The summed E-state index contributed by atoms with van der Waals surface area (Å²) in [5, 5.41) is 28.0. The zero-order valence-electron chi connectivity index (χ0n) is 12.5. The highest BCUT2D eigenvalue weighted by molar-refractivity contribution is 5.39. The lowest BCUT2D eigenvalue weighted by Gasteiger charge is -2.07. The van der Waals surface area contributed by atoms with Crippen LogP contribution in [0.4, 0.5) is 11.5 Å². The number of azo groups is 1. The molecule has 1 N–H and O–H groups in total. The van der Waals surface area contributed by atoms with E-state index in [-0.39, 0.29) is 11.4 Å². The smallest absolute Gasteiger partial charge is 0.287 e. The molecule has 0 aliphatic carbocycles. The van der Waals surface area contributed by atoms with Crippen LogP contribution in [-0.2, 0) is 6.54 Å². The summed E-state index contributed by atoms with van der Waals surface area (Å²) >= 11 is 0. The average Bonchev–Trinajstić information content (AvgIpc) is 3.04. The molecule has 0 aliphatic rings. The molecule has 0 unspecified atom stereocenters. The summed E-state index contributed by atoms with van der Waals surface area (Å²) in [6.45, 7) is 0.326. The van der Waals surface area contributed by atoms with Crippen molar-refractivity contribution in [3.8, 4) is 11.4 Å². The van der Waals surface area contributed by atoms with Gasteiger partial charge in [0, 0.05) is 23.6 Å². The molecule has 0 spiro atoms. The van der Waals surface area contributed by atoms with Gasteiger partial charge in [-0.2, -0.15) is 5.11 Å². The molecule has 2 heterocycles. The Kier molecular flexibility index (Phi) is 4.28. The fourth-order valence-corrected chi connectivity index (χ4v) is 2.14. The summed E-state index contributed by atoms with van der Waals surface area (Å²) in [4.78, 5) is 13.9. The highest BCUT2D eigenvalue weighted by Crippen LogP contribution is 2.18. The summed E-state index contributed by atoms with van der Waals surface area (Å²) < 4.78 is 1.93. The number of phenols is 1. The number of hydrogen-bond acceptors (Lipinski definition) is 6. The molecule has 1 aromatic carbocycles. The van der Waals surface area contributed by atoms with Crippen LogP contribution < -0.4 is 0 Å². The minimum Gasteiger partial charge on any atom is -0.508 e. The molecule has 3 aromatic rings. The van der Waals surface area contributed by atoms with Gasteiger partial charge in [-0.15, -0.1) is 5.11 Å². The van der Waals surface area contributed by atoms with Crippen molar-refractivity contribution in [3.63, 3.8) is 0 Å². The summed E-state index contributed by atoms with van der Waals surface area (Å²) in [6, 6.07) is 13.4. The molecule has 0 bridgehead atoms. The van der Waals surface area contributed by atoms with Gasteiger partial charge in [0.25, 0.3) is 5.69 Å². The number of nitro groups is 1. The Balaban J connectivity index is 1.72. The number of pyridine rings is 1. The predicted molar refractivity (Wildman–Crippen MR) is 86.5 cm³/mol. The monoisotopic (exact) mass is 323 g/mol. The first-order valence-electron chi connectivity index (χ1n) is 7.07. The minimum atomic E-state index is -0.515. The standard InChI is InChI=1S/C16H13N5O3/c22-15-6-3-12(4-7-15)20-9-1-2-13(20)11-18-19-16-8-5-14(10-17-16)21(23)24/h1-10,22H,11H2. The van der Waals surface area contributed by atoms with Crippen LogP contribution in [0.1, 0.15) is 5.69 Å². The Morgan fingerprint density at radius 3 is 2.62 bits per heavy atom. The quantitative estimate of drug-likeness (QED) is 0.438. The van der Waals surface area contributed by atoms with Crippen LogP contribution in [0.3, 0.4) is 0 Å². The van der Waals surface area contributed by atoms with Crippen molar-refractivity contribution in [3.05, 3.63) is 76.7 Å². The molecule has 0 radical (unpaired) electrons. The summed E-state index contributed by atoms with van der Waals surface area (Å²) in [7, 11) is 0. The van der Waals surface area contributed by atoms with Gasteiger partial charge in [-0.25, -0.2) is 4.98 Å². The third-order valence-electron chi connectivity index (χ3n) is 3.31. The van der Waals surface area contributed by atoms with Crippen molar-refractivity contribution in [2.45, 2.75) is 6.54 Å². The zero-order valence-corrected chi connectivity index (χ0v) is 12.5. The zero-order chi connectivity index (χ0) is 16.9. The molecule has 0 atom stereocenters. The van der Waals surface area contributed by atoms with Crippen molar-refractivity contribution in [2.75, 3.05) is 0 Å². The Hall–Kier alpha value is -3.55. The van der Waals surface area contributed by atoms with Crippen LogP contribution >= 0.6 is 0 Å². The highest BCUT2D eigenvalue weighted by Gasteiger charge is 2.05. The van der Waals surface area contributed by atoms with E-state index < -0.39 is 4.92 Å². The van der Waals surface area contributed by atoms with E-state index in [1.165, 1.54) is 12.1 Å². The number of phenolic OH excluding ortho intramolecular Hbond substituents is 1. The molecule has 0 saturated heterocycles. The Morgan fingerprint density at radius 2 is 1.96 bits per heavy atom. The van der Waals surface area contributed by atoms with E-state index in [1.54, 1.807) is 24.3 Å². The Bertz CT molecular complexity index is 869. The first-order chi connectivity index (χ1) is 11.6. The first kappa shape index (κ1) is 15.3. The van der Waals surface area contributed by atoms with Crippen molar-refractivity contribution < 1.29 is 10.0 Å². The third-order valence-corrected chi connectivity index (χ3v) is 3.31. The molecular formula is C16H13N5O3. The van der Waals surface area contributed by atoms with E-state index in [1.807, 2.05) is 22.9 Å². The van der Waals surface area contributed by atoms with Gasteiger partial charge in [-0.1, -0.05) is 0 Å². The van der Waals surface area contributed by atoms with E-state index in [9.17, 15) is 15.2 Å². The molecule has 3 rings (SSSR count). The van der Waals surface area contributed by atoms with E-state index in [4.69, 9.17) is 0 Å². The maximum absolute atomic E-state index is 10.6. The largest absolute Gasteiger partial charge is 0.508 e. The minimum absolute atomic E-state index is 0.0878. The van der Waals surface area contributed by atoms with Crippen LogP contribution in [-0.4, -0.2) is 19.6 Å². The van der Waals surface area contributed by atoms with E-state index in [0.29, 0.717) is 12.4 Å². The summed E-state index contributed by atoms with van der Waals surface area (Å²) in [5.74, 6) is 0.514. The van der Waals surface area contributed by atoms with Gasteiger partial charge in [0.1, 0.15) is 18.5 Å². The molecule has 24 heavy (non-hydrogen) atoms. The molecule has 8 heteroatoms. The number of hydrogen-bond donors (Lipinski definition) is 1. The number of benzene rings is 1. The van der Waals surface area contributed by atoms with Crippen LogP contribution in [0, 0.1) is 10.1 Å². The lowest BCUT2D eigenvalue weighted by molar-refractivity contribution is -0.385. The van der Waals surface area contributed by atoms with Gasteiger partial charge < -0.3 is 9.67 Å². The maximum atomic E-state index is 10.6. The number of aromatic hydroxyl groups is 1. The molecule has 0 aliphatic heterocycles. The Morgan fingerprint density at radius 1 is 1.17 bits per heavy atom. The molecular weight excluding hydrogens is 310 g/mol. The Labute approximate surface area is 136 Å². The predicted octanol–water partition coefficient (Wildman–Crippen LogP) is 3.77. The van der Waals surface area contributed by atoms with Gasteiger partial charge >= 0.3 is 0 Å². The van der Waals surface area contributed by atoms with Gasteiger partial charge in [-0.05, 0) is 42.5 Å². The second kappa shape index (κ2) is 6.69. The van der Waals surface area contributed by atoms with Gasteiger partial charge in [0.2, 0.25) is 0 Å². The fraction of sp³-hybridized carbons (Fsp3) is 0.0625.